The van der Waals surface area contributed by atoms with Gasteiger partial charge in [-0.05, 0) is 37.3 Å². The van der Waals surface area contributed by atoms with Crippen LogP contribution in [0.15, 0.2) is 51.6 Å². The van der Waals surface area contributed by atoms with Gasteiger partial charge in [-0.25, -0.2) is 0 Å². The van der Waals surface area contributed by atoms with Crippen LogP contribution in [-0.2, 0) is 0 Å². The molecule has 96 valence electrons. The van der Waals surface area contributed by atoms with Gasteiger partial charge in [-0.3, -0.25) is 0 Å². The largest absolute Gasteiger partial charge is 0.492 e. The van der Waals surface area contributed by atoms with Gasteiger partial charge in [-0.2, -0.15) is 0 Å². The summed E-state index contributed by atoms with van der Waals surface area (Å²) in [7, 11) is 0. The maximum atomic E-state index is 5.63. The third kappa shape index (κ3) is 3.89. The summed E-state index contributed by atoms with van der Waals surface area (Å²) in [5.41, 5.74) is 0. The molecule has 1 N–H and O–H groups in total. The smallest absolute Gasteiger partial charge is 0.120 e. The first-order valence-electron chi connectivity index (χ1n) is 5.91. The maximum absolute atomic E-state index is 5.63. The molecule has 1 aromatic heterocycles. The number of nitrogens with one attached hydrogen (secondary N) is 1. The molecule has 0 aliphatic carbocycles. The van der Waals surface area contributed by atoms with E-state index >= 15 is 0 Å². The molecule has 0 unspecified atom stereocenters. The highest BCUT2D eigenvalue weighted by atomic mass is 79.9. The number of halogens is 1. The summed E-state index contributed by atoms with van der Waals surface area (Å²) in [4.78, 5) is 0. The summed E-state index contributed by atoms with van der Waals surface area (Å²) in [6, 6.07) is 11.9. The molecule has 0 fully saturated rings. The van der Waals surface area contributed by atoms with Gasteiger partial charge < -0.3 is 14.5 Å². The lowest BCUT2D eigenvalue weighted by atomic mass is 10.2. The summed E-state index contributed by atoms with van der Waals surface area (Å²) in [5, 5.41) is 3.34. The van der Waals surface area contributed by atoms with Gasteiger partial charge in [0.05, 0.1) is 12.3 Å². The van der Waals surface area contributed by atoms with E-state index in [9.17, 15) is 0 Å². The molecule has 2 aromatic rings. The molecule has 0 saturated heterocycles. The Hall–Kier alpha value is -1.26. The number of hydrogen-bond donors (Lipinski definition) is 1. The van der Waals surface area contributed by atoms with Crippen molar-refractivity contribution in [3.63, 3.8) is 0 Å². The second-order valence-electron chi connectivity index (χ2n) is 4.00. The van der Waals surface area contributed by atoms with Crippen LogP contribution >= 0.6 is 15.9 Å². The summed E-state index contributed by atoms with van der Waals surface area (Å²) in [6.07, 6.45) is 1.69. The molecule has 0 bridgehead atoms. The van der Waals surface area contributed by atoms with Gasteiger partial charge in [0.15, 0.2) is 0 Å². The highest BCUT2D eigenvalue weighted by Crippen LogP contribution is 2.17. The number of furan rings is 1. The molecule has 0 saturated carbocycles. The van der Waals surface area contributed by atoms with Crippen molar-refractivity contribution in [1.82, 2.24) is 5.32 Å². The standard InChI is InChI=1S/C14H16BrNO2/c1-11(14-6-3-8-18-14)16-7-9-17-13-5-2-4-12(15)10-13/h2-6,8,10-11,16H,7,9H2,1H3/t11-/m0/s1. The molecule has 0 aliphatic heterocycles. The van der Waals surface area contributed by atoms with E-state index in [-0.39, 0.29) is 6.04 Å². The van der Waals surface area contributed by atoms with Crippen molar-refractivity contribution in [2.75, 3.05) is 13.2 Å². The van der Waals surface area contributed by atoms with E-state index in [2.05, 4.69) is 28.2 Å². The molecule has 0 aliphatic rings. The quantitative estimate of drug-likeness (QED) is 0.825. The first-order valence-corrected chi connectivity index (χ1v) is 6.70. The molecular weight excluding hydrogens is 294 g/mol. The van der Waals surface area contributed by atoms with Crippen LogP contribution in [0.4, 0.5) is 0 Å². The molecular formula is C14H16BrNO2. The van der Waals surface area contributed by atoms with Crippen molar-refractivity contribution in [1.29, 1.82) is 0 Å². The zero-order valence-corrected chi connectivity index (χ0v) is 11.8. The van der Waals surface area contributed by atoms with Crippen molar-refractivity contribution in [3.05, 3.63) is 52.9 Å². The van der Waals surface area contributed by atoms with E-state index in [0.717, 1.165) is 22.5 Å². The molecule has 1 aromatic carbocycles. The van der Waals surface area contributed by atoms with Gasteiger partial charge in [0.25, 0.3) is 0 Å². The minimum absolute atomic E-state index is 0.200. The Morgan fingerprint density at radius 2 is 2.22 bits per heavy atom. The van der Waals surface area contributed by atoms with Crippen LogP contribution in [0.5, 0.6) is 5.75 Å². The van der Waals surface area contributed by atoms with Crippen molar-refractivity contribution in [2.24, 2.45) is 0 Å². The minimum atomic E-state index is 0.200. The fraction of sp³-hybridized carbons (Fsp3) is 0.286. The normalized spacial score (nSPS) is 12.3. The fourth-order valence-corrected chi connectivity index (χ4v) is 2.02. The number of hydrogen-bond acceptors (Lipinski definition) is 3. The van der Waals surface area contributed by atoms with Crippen LogP contribution in [0, 0.1) is 0 Å². The molecule has 0 spiro atoms. The second-order valence-corrected chi connectivity index (χ2v) is 4.91. The predicted molar refractivity (Wildman–Crippen MR) is 74.8 cm³/mol. The zero-order chi connectivity index (χ0) is 12.8. The van der Waals surface area contributed by atoms with E-state index in [4.69, 9.17) is 9.15 Å². The van der Waals surface area contributed by atoms with Crippen LogP contribution in [0.25, 0.3) is 0 Å². The monoisotopic (exact) mass is 309 g/mol. The number of ether oxygens (including phenoxy) is 1. The third-order valence-corrected chi connectivity index (χ3v) is 3.08. The van der Waals surface area contributed by atoms with Crippen molar-refractivity contribution >= 4 is 15.9 Å². The predicted octanol–water partition coefficient (Wildman–Crippen LogP) is 3.77. The third-order valence-electron chi connectivity index (χ3n) is 2.59. The Labute approximate surface area is 115 Å². The molecule has 1 heterocycles. The maximum Gasteiger partial charge on any atom is 0.120 e. The van der Waals surface area contributed by atoms with E-state index in [1.807, 2.05) is 36.4 Å². The van der Waals surface area contributed by atoms with E-state index in [1.54, 1.807) is 6.26 Å². The fourth-order valence-electron chi connectivity index (χ4n) is 1.64. The summed E-state index contributed by atoms with van der Waals surface area (Å²) >= 11 is 3.41. The van der Waals surface area contributed by atoms with Crippen LogP contribution in [0.3, 0.4) is 0 Å². The number of rotatable bonds is 6. The van der Waals surface area contributed by atoms with Gasteiger partial charge >= 0.3 is 0 Å². The molecule has 2 rings (SSSR count). The molecule has 4 heteroatoms. The van der Waals surface area contributed by atoms with Crippen LogP contribution in [0.2, 0.25) is 0 Å². The topological polar surface area (TPSA) is 34.4 Å². The van der Waals surface area contributed by atoms with Crippen molar-refractivity contribution < 1.29 is 9.15 Å². The molecule has 1 atom stereocenters. The Morgan fingerprint density at radius 3 is 2.94 bits per heavy atom. The molecule has 0 radical (unpaired) electrons. The van der Waals surface area contributed by atoms with Gasteiger partial charge in [0.1, 0.15) is 18.1 Å². The lowest BCUT2D eigenvalue weighted by Gasteiger charge is -2.12. The summed E-state index contributed by atoms with van der Waals surface area (Å²) in [6.45, 7) is 3.47. The first-order chi connectivity index (χ1) is 8.75. The Balaban J connectivity index is 1.70. The Kier molecular flexibility index (Phi) is 4.84. The number of benzene rings is 1. The van der Waals surface area contributed by atoms with E-state index < -0.39 is 0 Å². The van der Waals surface area contributed by atoms with Crippen molar-refractivity contribution in [2.45, 2.75) is 13.0 Å². The van der Waals surface area contributed by atoms with Gasteiger partial charge in [-0.1, -0.05) is 22.0 Å². The van der Waals surface area contributed by atoms with Crippen LogP contribution in [0.1, 0.15) is 18.7 Å². The molecule has 3 nitrogen and oxygen atoms in total. The zero-order valence-electron chi connectivity index (χ0n) is 10.2. The summed E-state index contributed by atoms with van der Waals surface area (Å²) in [5.74, 6) is 1.81. The lowest BCUT2D eigenvalue weighted by molar-refractivity contribution is 0.301. The van der Waals surface area contributed by atoms with Crippen molar-refractivity contribution in [3.8, 4) is 5.75 Å². The van der Waals surface area contributed by atoms with E-state index in [0.29, 0.717) is 6.61 Å². The average molecular weight is 310 g/mol. The summed E-state index contributed by atoms with van der Waals surface area (Å²) < 4.78 is 12.0. The highest BCUT2D eigenvalue weighted by Gasteiger charge is 2.06. The van der Waals surface area contributed by atoms with E-state index in [1.165, 1.54) is 0 Å². The molecule has 0 amide bonds. The highest BCUT2D eigenvalue weighted by molar-refractivity contribution is 9.10. The Bertz CT molecular complexity index is 470. The first kappa shape index (κ1) is 13.2. The average Bonchev–Trinajstić information content (AvgIpc) is 2.88. The lowest BCUT2D eigenvalue weighted by Crippen LogP contribution is -2.24. The van der Waals surface area contributed by atoms with Crippen LogP contribution < -0.4 is 10.1 Å². The van der Waals surface area contributed by atoms with Gasteiger partial charge in [0.2, 0.25) is 0 Å². The minimum Gasteiger partial charge on any atom is -0.492 e. The van der Waals surface area contributed by atoms with Gasteiger partial charge in [0, 0.05) is 11.0 Å². The SMILES string of the molecule is C[C@H](NCCOc1cccc(Br)c1)c1ccco1. The van der Waals surface area contributed by atoms with Crippen LogP contribution in [-0.4, -0.2) is 13.2 Å². The second kappa shape index (κ2) is 6.61. The van der Waals surface area contributed by atoms with Gasteiger partial charge in [-0.15, -0.1) is 0 Å². The Morgan fingerprint density at radius 1 is 1.33 bits per heavy atom. The molecule has 18 heavy (non-hydrogen) atoms.